The van der Waals surface area contributed by atoms with Gasteiger partial charge in [0.05, 0.1) is 0 Å². The summed E-state index contributed by atoms with van der Waals surface area (Å²) >= 11 is 0. The lowest BCUT2D eigenvalue weighted by molar-refractivity contribution is 0.209. The van der Waals surface area contributed by atoms with E-state index in [9.17, 15) is 4.79 Å². The summed E-state index contributed by atoms with van der Waals surface area (Å²) in [6, 6.07) is 10.4. The van der Waals surface area contributed by atoms with Crippen molar-refractivity contribution in [2.75, 3.05) is 13.6 Å². The van der Waals surface area contributed by atoms with Gasteiger partial charge in [0.2, 0.25) is 0 Å². The molecule has 0 aliphatic carbocycles. The van der Waals surface area contributed by atoms with Crippen LogP contribution in [-0.2, 0) is 6.42 Å². The molecule has 0 saturated heterocycles. The number of nitrogens with zero attached hydrogens (tertiary/aromatic N) is 3. The molecule has 0 spiro atoms. The van der Waals surface area contributed by atoms with E-state index >= 15 is 0 Å². The predicted molar refractivity (Wildman–Crippen MR) is 75.0 cm³/mol. The molecular formula is C15H19N3O. The number of hydrogen-bond donors (Lipinski definition) is 0. The lowest BCUT2D eigenvalue weighted by Crippen LogP contribution is -2.31. The van der Waals surface area contributed by atoms with Gasteiger partial charge in [0.15, 0.2) is 0 Å². The lowest BCUT2D eigenvalue weighted by Gasteiger charge is -2.16. The van der Waals surface area contributed by atoms with Crippen LogP contribution in [-0.4, -0.2) is 34.1 Å². The van der Waals surface area contributed by atoms with E-state index in [1.54, 1.807) is 17.3 Å². The number of aryl methyl sites for hydroxylation is 1. The monoisotopic (exact) mass is 257 g/mol. The Balaban J connectivity index is 1.70. The molecule has 1 aromatic heterocycles. The fourth-order valence-electron chi connectivity index (χ4n) is 1.99. The maximum absolute atomic E-state index is 11.9. The molecule has 19 heavy (non-hydrogen) atoms. The molecule has 0 atom stereocenters. The Kier molecular flexibility index (Phi) is 4.72. The van der Waals surface area contributed by atoms with Crippen LogP contribution in [0, 0.1) is 0 Å². The van der Waals surface area contributed by atoms with Crippen LogP contribution >= 0.6 is 0 Å². The highest BCUT2D eigenvalue weighted by molar-refractivity contribution is 5.76. The Bertz CT molecular complexity index is 493. The SMILES string of the molecule is CN(CCCCc1ccccc1)C(=O)n1ccnc1. The number of carbonyl (C=O) groups excluding carboxylic acids is 1. The topological polar surface area (TPSA) is 38.1 Å². The van der Waals surface area contributed by atoms with Crippen LogP contribution in [0.15, 0.2) is 49.1 Å². The number of hydrogen-bond acceptors (Lipinski definition) is 2. The van der Waals surface area contributed by atoms with Crippen molar-refractivity contribution in [2.45, 2.75) is 19.3 Å². The van der Waals surface area contributed by atoms with E-state index < -0.39 is 0 Å². The Labute approximate surface area is 113 Å². The summed E-state index contributed by atoms with van der Waals surface area (Å²) in [6.07, 6.45) is 7.97. The van der Waals surface area contributed by atoms with Crippen molar-refractivity contribution in [3.05, 3.63) is 54.6 Å². The van der Waals surface area contributed by atoms with Crippen LogP contribution in [0.2, 0.25) is 0 Å². The van der Waals surface area contributed by atoms with Crippen molar-refractivity contribution in [1.82, 2.24) is 14.5 Å². The quantitative estimate of drug-likeness (QED) is 0.772. The number of imidazole rings is 1. The van der Waals surface area contributed by atoms with Gasteiger partial charge in [-0.1, -0.05) is 30.3 Å². The van der Waals surface area contributed by atoms with Gasteiger partial charge in [0, 0.05) is 26.0 Å². The second kappa shape index (κ2) is 6.73. The molecule has 0 fully saturated rings. The van der Waals surface area contributed by atoms with E-state index in [2.05, 4.69) is 29.2 Å². The Morgan fingerprint density at radius 2 is 2.05 bits per heavy atom. The van der Waals surface area contributed by atoms with E-state index in [0.717, 1.165) is 25.8 Å². The predicted octanol–water partition coefficient (Wildman–Crippen LogP) is 2.81. The Hall–Kier alpha value is -2.10. The van der Waals surface area contributed by atoms with Crippen molar-refractivity contribution < 1.29 is 4.79 Å². The molecule has 4 nitrogen and oxygen atoms in total. The van der Waals surface area contributed by atoms with Gasteiger partial charge < -0.3 is 4.90 Å². The van der Waals surface area contributed by atoms with Gasteiger partial charge in [0.25, 0.3) is 0 Å². The zero-order valence-electron chi connectivity index (χ0n) is 11.2. The van der Waals surface area contributed by atoms with Gasteiger partial charge in [-0.05, 0) is 24.8 Å². The van der Waals surface area contributed by atoms with Crippen molar-refractivity contribution in [3.63, 3.8) is 0 Å². The summed E-state index contributed by atoms with van der Waals surface area (Å²) in [6.45, 7) is 0.768. The normalized spacial score (nSPS) is 10.4. The van der Waals surface area contributed by atoms with E-state index in [1.807, 2.05) is 13.1 Å². The molecule has 0 unspecified atom stereocenters. The van der Waals surface area contributed by atoms with E-state index in [-0.39, 0.29) is 6.03 Å². The van der Waals surface area contributed by atoms with Gasteiger partial charge in [-0.25, -0.2) is 9.78 Å². The molecule has 100 valence electrons. The third kappa shape index (κ3) is 3.95. The third-order valence-electron chi connectivity index (χ3n) is 3.10. The first kappa shape index (κ1) is 13.3. The Morgan fingerprint density at radius 3 is 2.74 bits per heavy atom. The lowest BCUT2D eigenvalue weighted by atomic mass is 10.1. The fourth-order valence-corrected chi connectivity index (χ4v) is 1.99. The first-order valence-electron chi connectivity index (χ1n) is 6.55. The maximum Gasteiger partial charge on any atom is 0.329 e. The van der Waals surface area contributed by atoms with Gasteiger partial charge in [-0.2, -0.15) is 0 Å². The molecule has 2 rings (SSSR count). The minimum atomic E-state index is -0.0304. The number of amides is 1. The molecule has 2 aromatic rings. The second-order valence-corrected chi connectivity index (χ2v) is 4.62. The molecule has 0 saturated carbocycles. The van der Waals surface area contributed by atoms with Crippen molar-refractivity contribution in [1.29, 1.82) is 0 Å². The zero-order chi connectivity index (χ0) is 13.5. The van der Waals surface area contributed by atoms with Crippen LogP contribution in [0.3, 0.4) is 0 Å². The van der Waals surface area contributed by atoms with Crippen LogP contribution in [0.25, 0.3) is 0 Å². The fraction of sp³-hybridized carbons (Fsp3) is 0.333. The summed E-state index contributed by atoms with van der Waals surface area (Å²) in [5, 5.41) is 0. The third-order valence-corrected chi connectivity index (χ3v) is 3.10. The molecule has 0 aliphatic rings. The van der Waals surface area contributed by atoms with Gasteiger partial charge >= 0.3 is 6.03 Å². The number of rotatable bonds is 5. The first-order chi connectivity index (χ1) is 9.27. The number of carbonyl (C=O) groups is 1. The van der Waals surface area contributed by atoms with E-state index in [4.69, 9.17) is 0 Å². The number of aromatic nitrogens is 2. The summed E-state index contributed by atoms with van der Waals surface area (Å²) in [5.41, 5.74) is 1.35. The zero-order valence-corrected chi connectivity index (χ0v) is 11.2. The minimum absolute atomic E-state index is 0.0304. The molecule has 0 radical (unpaired) electrons. The van der Waals surface area contributed by atoms with Crippen molar-refractivity contribution in [2.24, 2.45) is 0 Å². The number of unbranched alkanes of at least 4 members (excludes halogenated alkanes) is 1. The standard InChI is InChI=1S/C15H19N3O/c1-17(15(19)18-12-10-16-13-18)11-6-5-9-14-7-3-2-4-8-14/h2-4,7-8,10,12-13H,5-6,9,11H2,1H3. The minimum Gasteiger partial charge on any atom is -0.327 e. The van der Waals surface area contributed by atoms with Crippen molar-refractivity contribution >= 4 is 6.03 Å². The average Bonchev–Trinajstić information content (AvgIpc) is 2.98. The largest absolute Gasteiger partial charge is 0.329 e. The molecule has 0 N–H and O–H groups in total. The molecule has 0 aliphatic heterocycles. The molecule has 1 amide bonds. The summed E-state index contributed by atoms with van der Waals surface area (Å²) in [5.74, 6) is 0. The molecule has 0 bridgehead atoms. The highest BCUT2D eigenvalue weighted by Crippen LogP contribution is 2.05. The molecule has 1 heterocycles. The first-order valence-corrected chi connectivity index (χ1v) is 6.55. The highest BCUT2D eigenvalue weighted by Gasteiger charge is 2.09. The van der Waals surface area contributed by atoms with Crippen molar-refractivity contribution in [3.8, 4) is 0 Å². The van der Waals surface area contributed by atoms with Crippen LogP contribution < -0.4 is 0 Å². The van der Waals surface area contributed by atoms with E-state index in [0.29, 0.717) is 0 Å². The van der Waals surface area contributed by atoms with Gasteiger partial charge in [-0.15, -0.1) is 0 Å². The smallest absolute Gasteiger partial charge is 0.327 e. The Morgan fingerprint density at radius 1 is 1.26 bits per heavy atom. The van der Waals surface area contributed by atoms with Crippen LogP contribution in [0.1, 0.15) is 18.4 Å². The van der Waals surface area contributed by atoms with Crippen LogP contribution in [0.5, 0.6) is 0 Å². The van der Waals surface area contributed by atoms with Crippen LogP contribution in [0.4, 0.5) is 4.79 Å². The van der Waals surface area contributed by atoms with Gasteiger partial charge in [0.1, 0.15) is 6.33 Å². The second-order valence-electron chi connectivity index (χ2n) is 4.62. The summed E-state index contributed by atoms with van der Waals surface area (Å²) in [4.78, 5) is 17.5. The average molecular weight is 257 g/mol. The summed E-state index contributed by atoms with van der Waals surface area (Å²) < 4.78 is 1.50. The summed E-state index contributed by atoms with van der Waals surface area (Å²) in [7, 11) is 1.82. The molecule has 4 heteroatoms. The van der Waals surface area contributed by atoms with E-state index in [1.165, 1.54) is 16.5 Å². The molecular weight excluding hydrogens is 238 g/mol. The molecule has 1 aromatic carbocycles. The number of benzene rings is 1. The maximum atomic E-state index is 11.9. The highest BCUT2D eigenvalue weighted by atomic mass is 16.2. The van der Waals surface area contributed by atoms with Gasteiger partial charge in [-0.3, -0.25) is 4.57 Å².